The van der Waals surface area contributed by atoms with Crippen LogP contribution in [0.25, 0.3) is 0 Å². The van der Waals surface area contributed by atoms with Crippen LogP contribution in [-0.2, 0) is 16.4 Å². The van der Waals surface area contributed by atoms with Gasteiger partial charge in [-0.15, -0.1) is 0 Å². The van der Waals surface area contributed by atoms with Crippen molar-refractivity contribution in [3.05, 3.63) is 60.3 Å². The molecule has 0 bridgehead atoms. The van der Waals surface area contributed by atoms with E-state index in [1.807, 2.05) is 0 Å². The van der Waals surface area contributed by atoms with Gasteiger partial charge >= 0.3 is 5.51 Å². The summed E-state index contributed by atoms with van der Waals surface area (Å²) < 4.78 is 73.5. The number of amides is 1. The Morgan fingerprint density at radius 3 is 2.66 bits per heavy atom. The van der Waals surface area contributed by atoms with Crippen LogP contribution in [0.4, 0.5) is 18.9 Å². The number of hydrogen-bond acceptors (Lipinski definition) is 6. The van der Waals surface area contributed by atoms with Crippen molar-refractivity contribution in [3.8, 4) is 5.75 Å². The van der Waals surface area contributed by atoms with Gasteiger partial charge in [-0.3, -0.25) is 9.48 Å². The van der Waals surface area contributed by atoms with E-state index >= 15 is 0 Å². The summed E-state index contributed by atoms with van der Waals surface area (Å²) >= 11 is 0. The van der Waals surface area contributed by atoms with Gasteiger partial charge < -0.3 is 14.5 Å². The molecule has 1 N–H and O–H groups in total. The van der Waals surface area contributed by atoms with Gasteiger partial charge in [-0.05, 0) is 36.4 Å². The molecular weight excluding hydrogens is 415 g/mol. The number of hydrogen-bond donors (Lipinski definition) is 1. The van der Waals surface area contributed by atoms with Gasteiger partial charge in [-0.25, -0.2) is 8.42 Å². The summed E-state index contributed by atoms with van der Waals surface area (Å²) in [5, 5.41) is 6.30. The smallest absolute Gasteiger partial charge is 0.495 e. The first-order valence-corrected chi connectivity index (χ1v) is 9.47. The van der Waals surface area contributed by atoms with E-state index in [0.29, 0.717) is 11.8 Å². The average Bonchev–Trinajstić information content (AvgIpc) is 3.33. The third kappa shape index (κ3) is 4.26. The number of alkyl halides is 3. The SMILES string of the molecule is COc1ccc(S(=O)(=O)C(F)(F)F)cc1NC(=O)c1ccc(Cn2cccn2)o1. The van der Waals surface area contributed by atoms with Crippen LogP contribution in [0.2, 0.25) is 0 Å². The molecule has 12 heteroatoms. The molecule has 0 saturated heterocycles. The van der Waals surface area contributed by atoms with Crippen molar-refractivity contribution in [2.24, 2.45) is 0 Å². The van der Waals surface area contributed by atoms with E-state index in [0.717, 1.165) is 12.1 Å². The number of anilines is 1. The number of furan rings is 1. The van der Waals surface area contributed by atoms with Crippen molar-refractivity contribution in [1.82, 2.24) is 9.78 Å². The average molecular weight is 429 g/mol. The molecule has 8 nitrogen and oxygen atoms in total. The number of ether oxygens (including phenoxy) is 1. The first kappa shape index (κ1) is 20.5. The number of carbonyl (C=O) groups excluding carboxylic acids is 1. The largest absolute Gasteiger partial charge is 0.501 e. The molecule has 2 heterocycles. The van der Waals surface area contributed by atoms with Gasteiger partial charge in [0.05, 0.1) is 24.2 Å². The van der Waals surface area contributed by atoms with Crippen LogP contribution < -0.4 is 10.1 Å². The van der Waals surface area contributed by atoms with Gasteiger partial charge in [0.1, 0.15) is 11.5 Å². The molecule has 0 radical (unpaired) electrons. The first-order chi connectivity index (χ1) is 13.6. The minimum absolute atomic E-state index is 0.0252. The van der Waals surface area contributed by atoms with Crippen molar-refractivity contribution < 1.29 is 35.5 Å². The predicted octanol–water partition coefficient (Wildman–Crippen LogP) is 3.08. The molecule has 3 aromatic rings. The van der Waals surface area contributed by atoms with E-state index in [1.54, 1.807) is 29.2 Å². The fourth-order valence-electron chi connectivity index (χ4n) is 2.41. The minimum Gasteiger partial charge on any atom is -0.495 e. The molecule has 0 aliphatic rings. The van der Waals surface area contributed by atoms with Crippen molar-refractivity contribution in [2.75, 3.05) is 12.4 Å². The van der Waals surface area contributed by atoms with Crippen molar-refractivity contribution in [2.45, 2.75) is 16.9 Å². The van der Waals surface area contributed by atoms with Crippen LogP contribution in [0.15, 0.2) is 58.1 Å². The number of sulfone groups is 1. The highest BCUT2D eigenvalue weighted by atomic mass is 32.2. The van der Waals surface area contributed by atoms with Crippen LogP contribution >= 0.6 is 0 Å². The molecule has 0 aliphatic carbocycles. The fourth-order valence-corrected chi connectivity index (χ4v) is 3.20. The quantitative estimate of drug-likeness (QED) is 0.646. The van der Waals surface area contributed by atoms with Gasteiger partial charge in [0.25, 0.3) is 15.7 Å². The number of halogens is 3. The number of nitrogens with one attached hydrogen (secondary N) is 1. The maximum absolute atomic E-state index is 12.8. The van der Waals surface area contributed by atoms with E-state index in [9.17, 15) is 26.4 Å². The van der Waals surface area contributed by atoms with Gasteiger partial charge in [0.2, 0.25) is 0 Å². The Hall–Kier alpha value is -3.28. The topological polar surface area (TPSA) is 103 Å². The molecule has 1 amide bonds. The Balaban J connectivity index is 1.84. The van der Waals surface area contributed by atoms with Gasteiger partial charge in [-0.2, -0.15) is 18.3 Å². The second-order valence-corrected chi connectivity index (χ2v) is 7.68. The normalized spacial score (nSPS) is 12.0. The maximum Gasteiger partial charge on any atom is 0.501 e. The molecule has 0 spiro atoms. The van der Waals surface area contributed by atoms with E-state index in [1.165, 1.54) is 13.2 Å². The number of carbonyl (C=O) groups is 1. The van der Waals surface area contributed by atoms with Crippen molar-refractivity contribution in [3.63, 3.8) is 0 Å². The predicted molar refractivity (Wildman–Crippen MR) is 94.2 cm³/mol. The summed E-state index contributed by atoms with van der Waals surface area (Å²) in [6.45, 7) is 0.267. The zero-order chi connectivity index (χ0) is 21.2. The Bertz CT molecular complexity index is 1120. The molecule has 3 rings (SSSR count). The Morgan fingerprint density at radius 2 is 2.03 bits per heavy atom. The molecule has 0 aliphatic heterocycles. The van der Waals surface area contributed by atoms with Gasteiger partial charge in [0, 0.05) is 12.4 Å². The molecule has 0 fully saturated rings. The molecule has 0 saturated carbocycles. The zero-order valence-corrected chi connectivity index (χ0v) is 15.6. The molecule has 154 valence electrons. The van der Waals surface area contributed by atoms with Crippen molar-refractivity contribution >= 4 is 21.4 Å². The third-order valence-corrected chi connectivity index (χ3v) is 5.28. The molecule has 2 aromatic heterocycles. The summed E-state index contributed by atoms with van der Waals surface area (Å²) in [6, 6.07) is 7.05. The summed E-state index contributed by atoms with van der Waals surface area (Å²) in [7, 11) is -4.37. The molecular formula is C17H14F3N3O5S. The number of benzene rings is 1. The lowest BCUT2D eigenvalue weighted by Crippen LogP contribution is -2.23. The standard InChI is InChI=1S/C17H14F3N3O5S/c1-27-14-6-4-12(29(25,26)17(18,19)20)9-13(14)22-16(24)15-5-3-11(28-15)10-23-8-2-7-21-23/h2-9H,10H2,1H3,(H,22,24). The molecule has 29 heavy (non-hydrogen) atoms. The zero-order valence-electron chi connectivity index (χ0n) is 14.8. The second-order valence-electron chi connectivity index (χ2n) is 5.73. The lowest BCUT2D eigenvalue weighted by Gasteiger charge is -2.13. The van der Waals surface area contributed by atoms with E-state index in [2.05, 4.69) is 10.4 Å². The fraction of sp³-hybridized carbons (Fsp3) is 0.176. The van der Waals surface area contributed by atoms with Gasteiger partial charge in [-0.1, -0.05) is 0 Å². The lowest BCUT2D eigenvalue weighted by atomic mass is 10.3. The highest BCUT2D eigenvalue weighted by Gasteiger charge is 2.47. The number of nitrogens with zero attached hydrogens (tertiary/aromatic N) is 2. The lowest BCUT2D eigenvalue weighted by molar-refractivity contribution is -0.0436. The monoisotopic (exact) mass is 429 g/mol. The number of aromatic nitrogens is 2. The summed E-state index contributed by atoms with van der Waals surface area (Å²) in [5.74, 6) is -0.531. The first-order valence-electron chi connectivity index (χ1n) is 7.98. The van der Waals surface area contributed by atoms with Crippen LogP contribution in [-0.4, -0.2) is 36.7 Å². The highest BCUT2D eigenvalue weighted by molar-refractivity contribution is 7.92. The number of rotatable bonds is 6. The number of methoxy groups -OCH3 is 1. The Morgan fingerprint density at radius 1 is 1.28 bits per heavy atom. The Labute approximate surface area is 162 Å². The van der Waals surface area contributed by atoms with E-state index < -0.39 is 26.1 Å². The maximum atomic E-state index is 12.8. The van der Waals surface area contributed by atoms with Crippen LogP contribution in [0.3, 0.4) is 0 Å². The van der Waals surface area contributed by atoms with E-state index in [-0.39, 0.29) is 23.7 Å². The van der Waals surface area contributed by atoms with Crippen LogP contribution in [0.5, 0.6) is 5.75 Å². The van der Waals surface area contributed by atoms with Crippen LogP contribution in [0, 0.1) is 0 Å². The van der Waals surface area contributed by atoms with Crippen molar-refractivity contribution in [1.29, 1.82) is 0 Å². The molecule has 1 aromatic carbocycles. The summed E-state index contributed by atoms with van der Waals surface area (Å²) in [6.07, 6.45) is 3.27. The van der Waals surface area contributed by atoms with Gasteiger partial charge in [0.15, 0.2) is 5.76 Å². The second kappa shape index (κ2) is 7.62. The molecule has 0 atom stereocenters. The highest BCUT2D eigenvalue weighted by Crippen LogP contribution is 2.34. The molecule has 0 unspecified atom stereocenters. The third-order valence-electron chi connectivity index (χ3n) is 3.80. The summed E-state index contributed by atoms with van der Waals surface area (Å²) in [4.78, 5) is 11.4. The Kier molecular flexibility index (Phi) is 5.38. The summed E-state index contributed by atoms with van der Waals surface area (Å²) in [5.41, 5.74) is -5.74. The van der Waals surface area contributed by atoms with E-state index in [4.69, 9.17) is 9.15 Å². The minimum atomic E-state index is -5.59. The van der Waals surface area contributed by atoms with Crippen LogP contribution in [0.1, 0.15) is 16.3 Å².